The Morgan fingerprint density at radius 1 is 1.60 bits per heavy atom. The summed E-state index contributed by atoms with van der Waals surface area (Å²) in [4.78, 5) is 14.0. The van der Waals surface area contributed by atoms with Gasteiger partial charge >= 0.3 is 0 Å². The number of nitrogens with one attached hydrogen (secondary N) is 2. The summed E-state index contributed by atoms with van der Waals surface area (Å²) < 4.78 is 0. The molecular weight excluding hydrogens is 190 g/mol. The van der Waals surface area contributed by atoms with E-state index in [1.54, 1.807) is 0 Å². The van der Waals surface area contributed by atoms with Crippen LogP contribution in [0.25, 0.3) is 0 Å². The minimum Gasteiger partial charge on any atom is -0.355 e. The monoisotopic (exact) mass is 213 g/mol. The molecule has 88 valence electrons. The van der Waals surface area contributed by atoms with Crippen molar-refractivity contribution in [1.82, 2.24) is 15.5 Å². The molecule has 1 amide bonds. The Hall–Kier alpha value is -0.610. The zero-order valence-corrected chi connectivity index (χ0v) is 10.0. The smallest absolute Gasteiger partial charge is 0.237 e. The Bertz CT molecular complexity index is 208. The van der Waals surface area contributed by atoms with Crippen molar-refractivity contribution in [2.24, 2.45) is 0 Å². The highest BCUT2D eigenvalue weighted by atomic mass is 16.2. The predicted molar refractivity (Wildman–Crippen MR) is 61.8 cm³/mol. The van der Waals surface area contributed by atoms with Gasteiger partial charge < -0.3 is 10.6 Å². The Morgan fingerprint density at radius 2 is 2.33 bits per heavy atom. The highest BCUT2D eigenvalue weighted by Crippen LogP contribution is 2.19. The van der Waals surface area contributed by atoms with E-state index >= 15 is 0 Å². The molecule has 0 aromatic rings. The van der Waals surface area contributed by atoms with Crippen molar-refractivity contribution in [2.45, 2.75) is 38.8 Å². The third-order valence-corrected chi connectivity index (χ3v) is 3.09. The molecule has 1 saturated heterocycles. The summed E-state index contributed by atoms with van der Waals surface area (Å²) in [6.45, 7) is 6.70. The number of carbonyl (C=O) groups is 1. The van der Waals surface area contributed by atoms with Crippen molar-refractivity contribution in [3.05, 3.63) is 0 Å². The van der Waals surface area contributed by atoms with Crippen LogP contribution in [-0.4, -0.2) is 49.6 Å². The molecule has 2 unspecified atom stereocenters. The lowest BCUT2D eigenvalue weighted by Gasteiger charge is -2.29. The topological polar surface area (TPSA) is 44.4 Å². The Labute approximate surface area is 92.4 Å². The Kier molecular flexibility index (Phi) is 5.05. The second-order valence-electron chi connectivity index (χ2n) is 4.16. The number of hydrogen-bond donors (Lipinski definition) is 2. The summed E-state index contributed by atoms with van der Waals surface area (Å²) in [7, 11) is 1.97. The van der Waals surface area contributed by atoms with Crippen LogP contribution in [0, 0.1) is 0 Å². The molecule has 0 aromatic heterocycles. The lowest BCUT2D eigenvalue weighted by Crippen LogP contribution is -2.49. The molecule has 4 nitrogen and oxygen atoms in total. The van der Waals surface area contributed by atoms with Crippen LogP contribution in [0.15, 0.2) is 0 Å². The standard InChI is InChI=1S/C11H23N3O/c1-4-13-11(15)9(2)14-7-5-6-10(14)8-12-3/h9-10,12H,4-8H2,1-3H3,(H,13,15). The zero-order valence-electron chi connectivity index (χ0n) is 10.0. The van der Waals surface area contributed by atoms with Gasteiger partial charge in [-0.2, -0.15) is 0 Å². The van der Waals surface area contributed by atoms with Crippen LogP contribution >= 0.6 is 0 Å². The molecule has 0 bridgehead atoms. The van der Waals surface area contributed by atoms with Crippen LogP contribution in [0.2, 0.25) is 0 Å². The number of hydrogen-bond acceptors (Lipinski definition) is 3. The van der Waals surface area contributed by atoms with Gasteiger partial charge in [0.1, 0.15) is 0 Å². The van der Waals surface area contributed by atoms with Gasteiger partial charge in [0, 0.05) is 19.1 Å². The highest BCUT2D eigenvalue weighted by Gasteiger charge is 2.30. The molecule has 1 aliphatic rings. The second-order valence-corrected chi connectivity index (χ2v) is 4.16. The van der Waals surface area contributed by atoms with Crippen LogP contribution in [0.1, 0.15) is 26.7 Å². The maximum Gasteiger partial charge on any atom is 0.237 e. The highest BCUT2D eigenvalue weighted by molar-refractivity contribution is 5.81. The van der Waals surface area contributed by atoms with E-state index < -0.39 is 0 Å². The second kappa shape index (κ2) is 6.08. The summed E-state index contributed by atoms with van der Waals surface area (Å²) in [5, 5.41) is 6.08. The van der Waals surface area contributed by atoms with Gasteiger partial charge in [-0.25, -0.2) is 0 Å². The molecule has 0 saturated carbocycles. The van der Waals surface area contributed by atoms with Gasteiger partial charge in [0.25, 0.3) is 0 Å². The van der Waals surface area contributed by atoms with Crippen LogP contribution in [-0.2, 0) is 4.79 Å². The lowest BCUT2D eigenvalue weighted by atomic mass is 10.2. The fourth-order valence-corrected chi connectivity index (χ4v) is 2.30. The van der Waals surface area contributed by atoms with E-state index in [4.69, 9.17) is 0 Å². The third kappa shape index (κ3) is 3.18. The number of likely N-dealkylation sites (N-methyl/N-ethyl adjacent to an activating group) is 2. The first-order chi connectivity index (χ1) is 7.20. The average Bonchev–Trinajstić information content (AvgIpc) is 2.66. The van der Waals surface area contributed by atoms with Crippen molar-refractivity contribution in [3.8, 4) is 0 Å². The molecule has 1 fully saturated rings. The molecule has 4 heteroatoms. The van der Waals surface area contributed by atoms with Crippen LogP contribution in [0.3, 0.4) is 0 Å². The number of amides is 1. The number of likely N-dealkylation sites (tertiary alicyclic amines) is 1. The molecule has 15 heavy (non-hydrogen) atoms. The van der Waals surface area contributed by atoms with Gasteiger partial charge in [-0.1, -0.05) is 0 Å². The van der Waals surface area contributed by atoms with Crippen molar-refractivity contribution >= 4 is 5.91 Å². The van der Waals surface area contributed by atoms with E-state index in [9.17, 15) is 4.79 Å². The molecular formula is C11H23N3O. The molecule has 0 aliphatic carbocycles. The molecule has 2 N–H and O–H groups in total. The summed E-state index contributed by atoms with van der Waals surface area (Å²) in [6, 6.07) is 0.526. The minimum absolute atomic E-state index is 0.00537. The number of rotatable bonds is 5. The fourth-order valence-electron chi connectivity index (χ4n) is 2.30. The molecule has 0 aromatic carbocycles. The van der Waals surface area contributed by atoms with Gasteiger partial charge in [-0.3, -0.25) is 9.69 Å². The largest absolute Gasteiger partial charge is 0.355 e. The van der Waals surface area contributed by atoms with Crippen molar-refractivity contribution < 1.29 is 4.79 Å². The first-order valence-electron chi connectivity index (χ1n) is 5.88. The van der Waals surface area contributed by atoms with Crippen LogP contribution in [0.4, 0.5) is 0 Å². The maximum absolute atomic E-state index is 11.7. The molecule has 1 heterocycles. The van der Waals surface area contributed by atoms with Gasteiger partial charge in [-0.05, 0) is 40.3 Å². The molecule has 1 rings (SSSR count). The van der Waals surface area contributed by atoms with Gasteiger partial charge in [0.05, 0.1) is 6.04 Å². The van der Waals surface area contributed by atoms with Crippen molar-refractivity contribution in [1.29, 1.82) is 0 Å². The van der Waals surface area contributed by atoms with E-state index in [2.05, 4.69) is 15.5 Å². The first-order valence-corrected chi connectivity index (χ1v) is 5.88. The summed E-state index contributed by atoms with van der Waals surface area (Å²) in [5.41, 5.74) is 0. The molecule has 0 radical (unpaired) electrons. The third-order valence-electron chi connectivity index (χ3n) is 3.09. The Morgan fingerprint density at radius 3 is 2.93 bits per heavy atom. The Balaban J connectivity index is 2.49. The van der Waals surface area contributed by atoms with E-state index in [0.717, 1.165) is 13.1 Å². The van der Waals surface area contributed by atoms with Crippen LogP contribution in [0.5, 0.6) is 0 Å². The summed E-state index contributed by atoms with van der Waals surface area (Å²) >= 11 is 0. The first kappa shape index (κ1) is 12.5. The molecule has 0 spiro atoms. The lowest BCUT2D eigenvalue weighted by molar-refractivity contribution is -0.126. The fraction of sp³-hybridized carbons (Fsp3) is 0.909. The summed E-state index contributed by atoms with van der Waals surface area (Å²) in [6.07, 6.45) is 2.40. The molecule has 2 atom stereocenters. The van der Waals surface area contributed by atoms with E-state index in [1.165, 1.54) is 12.8 Å². The van der Waals surface area contributed by atoms with Crippen molar-refractivity contribution in [2.75, 3.05) is 26.7 Å². The van der Waals surface area contributed by atoms with E-state index in [1.807, 2.05) is 20.9 Å². The number of carbonyl (C=O) groups excluding carboxylic acids is 1. The van der Waals surface area contributed by atoms with Gasteiger partial charge in [0.2, 0.25) is 5.91 Å². The van der Waals surface area contributed by atoms with E-state index in [0.29, 0.717) is 12.6 Å². The normalized spacial score (nSPS) is 24.1. The molecule has 1 aliphatic heterocycles. The number of nitrogens with zero attached hydrogens (tertiary/aromatic N) is 1. The zero-order chi connectivity index (χ0) is 11.3. The van der Waals surface area contributed by atoms with Gasteiger partial charge in [0.15, 0.2) is 0 Å². The predicted octanol–water partition coefficient (Wildman–Crippen LogP) is 0.195. The van der Waals surface area contributed by atoms with E-state index in [-0.39, 0.29) is 11.9 Å². The van der Waals surface area contributed by atoms with Gasteiger partial charge in [-0.15, -0.1) is 0 Å². The summed E-state index contributed by atoms with van der Waals surface area (Å²) in [5.74, 6) is 0.153. The van der Waals surface area contributed by atoms with Crippen molar-refractivity contribution in [3.63, 3.8) is 0 Å². The minimum atomic E-state index is 0.00537. The quantitative estimate of drug-likeness (QED) is 0.685. The SMILES string of the molecule is CCNC(=O)C(C)N1CCCC1CNC. The average molecular weight is 213 g/mol. The van der Waals surface area contributed by atoms with Crippen LogP contribution < -0.4 is 10.6 Å². The maximum atomic E-state index is 11.7.